The minimum absolute atomic E-state index is 0.0643. The molecule has 0 amide bonds. The van der Waals surface area contributed by atoms with E-state index in [2.05, 4.69) is 0 Å². The number of alkyl halides is 3. The summed E-state index contributed by atoms with van der Waals surface area (Å²) in [5.74, 6) is 0.253. The van der Waals surface area contributed by atoms with Gasteiger partial charge in [-0.25, -0.2) is 0 Å². The van der Waals surface area contributed by atoms with Crippen LogP contribution in [0.2, 0.25) is 0 Å². The van der Waals surface area contributed by atoms with E-state index in [4.69, 9.17) is 0 Å². The lowest BCUT2D eigenvalue weighted by atomic mass is 9.86. The summed E-state index contributed by atoms with van der Waals surface area (Å²) in [6.07, 6.45) is -3.08. The Morgan fingerprint density at radius 3 is 2.00 bits per heavy atom. The molecule has 0 fully saturated rings. The second kappa shape index (κ2) is 6.61. The third kappa shape index (κ3) is 3.75. The lowest BCUT2D eigenvalue weighted by molar-refractivity contribution is -0.269. The second-order valence-corrected chi connectivity index (χ2v) is 5.59. The largest absolute Gasteiger partial charge is 0.421 e. The van der Waals surface area contributed by atoms with Crippen molar-refractivity contribution in [1.29, 1.82) is 0 Å². The Morgan fingerprint density at radius 2 is 1.60 bits per heavy atom. The third-order valence-corrected chi connectivity index (χ3v) is 3.67. The van der Waals surface area contributed by atoms with Crippen molar-refractivity contribution in [3.8, 4) is 0 Å². The van der Waals surface area contributed by atoms with Crippen molar-refractivity contribution >= 4 is 0 Å². The van der Waals surface area contributed by atoms with Crippen molar-refractivity contribution in [3.05, 3.63) is 35.4 Å². The van der Waals surface area contributed by atoms with Gasteiger partial charge in [0.1, 0.15) is 0 Å². The Bertz CT molecular complexity index is 409. The summed E-state index contributed by atoms with van der Waals surface area (Å²) < 4.78 is 39.7. The van der Waals surface area contributed by atoms with E-state index < -0.39 is 11.8 Å². The van der Waals surface area contributed by atoms with Crippen LogP contribution < -0.4 is 0 Å². The average molecular weight is 288 g/mol. The molecule has 0 aliphatic heterocycles. The van der Waals surface area contributed by atoms with E-state index >= 15 is 0 Å². The summed E-state index contributed by atoms with van der Waals surface area (Å²) in [6, 6.07) is 6.12. The molecule has 0 bridgehead atoms. The molecular weight excluding hydrogens is 265 g/mol. The van der Waals surface area contributed by atoms with Crippen LogP contribution in [0.5, 0.6) is 0 Å². The zero-order valence-electron chi connectivity index (χ0n) is 12.3. The predicted octanol–water partition coefficient (Wildman–Crippen LogP) is 5.14. The Labute approximate surface area is 118 Å². The van der Waals surface area contributed by atoms with Gasteiger partial charge in [0, 0.05) is 0 Å². The SMILES string of the molecule is CCCCCC(O)(c1ccc(C(C)C)cc1)C(F)(F)F. The van der Waals surface area contributed by atoms with Gasteiger partial charge in [-0.3, -0.25) is 0 Å². The number of aliphatic hydroxyl groups is 1. The van der Waals surface area contributed by atoms with E-state index in [1.54, 1.807) is 12.1 Å². The van der Waals surface area contributed by atoms with Crippen molar-refractivity contribution < 1.29 is 18.3 Å². The van der Waals surface area contributed by atoms with Crippen molar-refractivity contribution in [3.63, 3.8) is 0 Å². The van der Waals surface area contributed by atoms with Crippen LogP contribution in [0.15, 0.2) is 24.3 Å². The molecule has 0 saturated carbocycles. The molecule has 114 valence electrons. The number of benzene rings is 1. The summed E-state index contributed by atoms with van der Waals surface area (Å²) in [4.78, 5) is 0. The summed E-state index contributed by atoms with van der Waals surface area (Å²) in [6.45, 7) is 5.88. The molecule has 1 N–H and O–H groups in total. The molecule has 0 radical (unpaired) electrons. The normalized spacial score (nSPS) is 15.4. The predicted molar refractivity (Wildman–Crippen MR) is 74.6 cm³/mol. The molecule has 1 aromatic rings. The zero-order valence-corrected chi connectivity index (χ0v) is 12.3. The van der Waals surface area contributed by atoms with Gasteiger partial charge in [-0.05, 0) is 29.9 Å². The van der Waals surface area contributed by atoms with Gasteiger partial charge in [0.05, 0.1) is 0 Å². The molecule has 0 aliphatic rings. The molecule has 1 rings (SSSR count). The minimum atomic E-state index is -4.65. The summed E-state index contributed by atoms with van der Waals surface area (Å²) in [5, 5.41) is 10.2. The van der Waals surface area contributed by atoms with Crippen LogP contribution in [-0.2, 0) is 5.60 Å². The molecule has 4 heteroatoms. The van der Waals surface area contributed by atoms with Gasteiger partial charge >= 0.3 is 6.18 Å². The Kier molecular flexibility index (Phi) is 5.63. The molecule has 1 aromatic carbocycles. The summed E-state index contributed by atoms with van der Waals surface area (Å²) in [7, 11) is 0. The first kappa shape index (κ1) is 17.0. The molecule has 0 spiro atoms. The highest BCUT2D eigenvalue weighted by Crippen LogP contribution is 2.43. The Morgan fingerprint density at radius 1 is 1.05 bits per heavy atom. The van der Waals surface area contributed by atoms with Gasteiger partial charge in [0.15, 0.2) is 5.60 Å². The molecule has 0 heterocycles. The van der Waals surface area contributed by atoms with Gasteiger partial charge < -0.3 is 5.11 Å². The Balaban J connectivity index is 3.04. The van der Waals surface area contributed by atoms with Gasteiger partial charge in [-0.2, -0.15) is 13.2 Å². The van der Waals surface area contributed by atoms with Gasteiger partial charge in [0.25, 0.3) is 0 Å². The fourth-order valence-electron chi connectivity index (χ4n) is 2.22. The standard InChI is InChI=1S/C16H23F3O/c1-4-5-6-11-15(20,16(17,18)19)14-9-7-13(8-10-14)12(2)3/h7-10,12,20H,4-6,11H2,1-3H3. The maximum absolute atomic E-state index is 13.2. The number of halogens is 3. The number of hydrogen-bond donors (Lipinski definition) is 1. The fourth-order valence-corrected chi connectivity index (χ4v) is 2.22. The summed E-state index contributed by atoms with van der Waals surface area (Å²) in [5.41, 5.74) is -1.84. The molecule has 0 aromatic heterocycles. The third-order valence-electron chi connectivity index (χ3n) is 3.67. The topological polar surface area (TPSA) is 20.2 Å². The van der Waals surface area contributed by atoms with Crippen LogP contribution >= 0.6 is 0 Å². The first-order valence-corrected chi connectivity index (χ1v) is 7.12. The lowest BCUT2D eigenvalue weighted by Gasteiger charge is -2.31. The first-order valence-electron chi connectivity index (χ1n) is 7.12. The van der Waals surface area contributed by atoms with E-state index in [0.29, 0.717) is 12.8 Å². The maximum atomic E-state index is 13.2. The van der Waals surface area contributed by atoms with Crippen molar-refractivity contribution in [2.24, 2.45) is 0 Å². The quantitative estimate of drug-likeness (QED) is 0.718. The Hall–Kier alpha value is -1.03. The molecule has 0 saturated heterocycles. The van der Waals surface area contributed by atoms with Crippen LogP contribution in [-0.4, -0.2) is 11.3 Å². The van der Waals surface area contributed by atoms with Crippen LogP contribution in [0.4, 0.5) is 13.2 Å². The van der Waals surface area contributed by atoms with E-state index in [1.165, 1.54) is 12.1 Å². The molecular formula is C16H23F3O. The lowest BCUT2D eigenvalue weighted by Crippen LogP contribution is -2.42. The number of unbranched alkanes of at least 4 members (excludes halogenated alkanes) is 2. The molecule has 0 aliphatic carbocycles. The molecule has 1 unspecified atom stereocenters. The van der Waals surface area contributed by atoms with E-state index in [-0.39, 0.29) is 17.9 Å². The van der Waals surface area contributed by atoms with E-state index in [9.17, 15) is 18.3 Å². The minimum Gasteiger partial charge on any atom is -0.376 e. The number of rotatable bonds is 6. The maximum Gasteiger partial charge on any atom is 0.421 e. The second-order valence-electron chi connectivity index (χ2n) is 5.59. The highest BCUT2D eigenvalue weighted by Gasteiger charge is 2.54. The van der Waals surface area contributed by atoms with Gasteiger partial charge in [-0.1, -0.05) is 57.9 Å². The van der Waals surface area contributed by atoms with Crippen LogP contribution in [0.1, 0.15) is 63.5 Å². The monoisotopic (exact) mass is 288 g/mol. The molecule has 1 nitrogen and oxygen atoms in total. The van der Waals surface area contributed by atoms with Crippen LogP contribution in [0, 0.1) is 0 Å². The van der Waals surface area contributed by atoms with Crippen molar-refractivity contribution in [1.82, 2.24) is 0 Å². The van der Waals surface area contributed by atoms with Crippen molar-refractivity contribution in [2.45, 2.75) is 64.1 Å². The fraction of sp³-hybridized carbons (Fsp3) is 0.625. The van der Waals surface area contributed by atoms with Gasteiger partial charge in [0.2, 0.25) is 0 Å². The van der Waals surface area contributed by atoms with E-state index in [0.717, 1.165) is 12.0 Å². The van der Waals surface area contributed by atoms with E-state index in [1.807, 2.05) is 20.8 Å². The first-order chi connectivity index (χ1) is 9.22. The molecule has 1 atom stereocenters. The molecule has 20 heavy (non-hydrogen) atoms. The average Bonchev–Trinajstić information content (AvgIpc) is 2.37. The van der Waals surface area contributed by atoms with Crippen LogP contribution in [0.25, 0.3) is 0 Å². The zero-order chi connectivity index (χ0) is 15.4. The number of hydrogen-bond acceptors (Lipinski definition) is 1. The highest BCUT2D eigenvalue weighted by atomic mass is 19.4. The van der Waals surface area contributed by atoms with Crippen molar-refractivity contribution in [2.75, 3.05) is 0 Å². The smallest absolute Gasteiger partial charge is 0.376 e. The van der Waals surface area contributed by atoms with Gasteiger partial charge in [-0.15, -0.1) is 0 Å². The van der Waals surface area contributed by atoms with Crippen LogP contribution in [0.3, 0.4) is 0 Å². The highest BCUT2D eigenvalue weighted by molar-refractivity contribution is 5.30. The summed E-state index contributed by atoms with van der Waals surface area (Å²) >= 11 is 0.